The molecule has 0 bridgehead atoms. The normalized spacial score (nSPS) is 11.3. The maximum absolute atomic E-state index is 12.3. The maximum atomic E-state index is 12.3. The molecule has 0 unspecified atom stereocenters. The molecule has 0 radical (unpaired) electrons. The molecule has 0 aliphatic carbocycles. The second kappa shape index (κ2) is 6.76. The summed E-state index contributed by atoms with van der Waals surface area (Å²) in [5.41, 5.74) is 1.41. The Morgan fingerprint density at radius 2 is 1.62 bits per heavy atom. The van der Waals surface area contributed by atoms with Gasteiger partial charge in [0.1, 0.15) is 0 Å². The number of Topliss-reactive ketones (excluding diaryl/α,β-unsaturated/α-hetero) is 1. The summed E-state index contributed by atoms with van der Waals surface area (Å²) in [6.07, 6.45) is 1.22. The fraction of sp³-hybridized carbons (Fsp3) is 0.118. The number of aromatic nitrogens is 2. The van der Waals surface area contributed by atoms with Crippen LogP contribution < -0.4 is 0 Å². The molecule has 2 aromatic carbocycles. The van der Waals surface area contributed by atoms with Crippen LogP contribution in [0.4, 0.5) is 0 Å². The third-order valence-electron chi connectivity index (χ3n) is 3.45. The van der Waals surface area contributed by atoms with E-state index >= 15 is 0 Å². The van der Waals surface area contributed by atoms with Gasteiger partial charge in [0.05, 0.1) is 10.6 Å². The van der Waals surface area contributed by atoms with Crippen LogP contribution in [0.1, 0.15) is 21.8 Å². The van der Waals surface area contributed by atoms with Gasteiger partial charge in [0, 0.05) is 6.42 Å². The van der Waals surface area contributed by atoms with Gasteiger partial charge in [0.15, 0.2) is 9.84 Å². The number of rotatable bonds is 6. The fourth-order valence-corrected chi connectivity index (χ4v) is 3.61. The van der Waals surface area contributed by atoms with Crippen LogP contribution in [0.25, 0.3) is 0 Å². The predicted molar refractivity (Wildman–Crippen MR) is 86.1 cm³/mol. The van der Waals surface area contributed by atoms with Crippen molar-refractivity contribution in [2.75, 3.05) is 0 Å². The fourth-order valence-electron chi connectivity index (χ4n) is 2.24. The Hall–Kier alpha value is -2.80. The summed E-state index contributed by atoms with van der Waals surface area (Å²) in [5, 5.41) is 7.03. The molecule has 1 heterocycles. The van der Waals surface area contributed by atoms with Gasteiger partial charge >= 0.3 is 0 Å². The smallest absolute Gasteiger partial charge is 0.284 e. The van der Waals surface area contributed by atoms with E-state index in [0.29, 0.717) is 10.5 Å². The minimum atomic E-state index is -3.38. The molecule has 0 fully saturated rings. The molecule has 0 spiro atoms. The van der Waals surface area contributed by atoms with Gasteiger partial charge in [0.2, 0.25) is 12.2 Å². The lowest BCUT2D eigenvalue weighted by atomic mass is 10.1. The first kappa shape index (κ1) is 16.1. The monoisotopic (exact) mass is 342 g/mol. The van der Waals surface area contributed by atoms with Crippen LogP contribution in [0.2, 0.25) is 0 Å². The molecule has 1 aromatic heterocycles. The highest BCUT2D eigenvalue weighted by atomic mass is 32.2. The average Bonchev–Trinajstić information content (AvgIpc) is 3.12. The first-order chi connectivity index (χ1) is 11.5. The summed E-state index contributed by atoms with van der Waals surface area (Å²) < 4.78 is 29.5. The molecular formula is C17H14N2O4S. The summed E-state index contributed by atoms with van der Waals surface area (Å²) >= 11 is 0. The molecule has 0 saturated carbocycles. The largest absolute Gasteiger partial charge is 0.421 e. The number of nitrogens with zero attached hydrogens (tertiary/aromatic N) is 2. The molecular weight excluding hydrogens is 328 g/mol. The van der Waals surface area contributed by atoms with E-state index in [4.69, 9.17) is 4.42 Å². The molecule has 0 atom stereocenters. The molecule has 3 rings (SSSR count). The van der Waals surface area contributed by atoms with Crippen LogP contribution >= 0.6 is 0 Å². The summed E-state index contributed by atoms with van der Waals surface area (Å²) in [7, 11) is -3.38. The Bertz CT molecular complexity index is 918. The van der Waals surface area contributed by atoms with Gasteiger partial charge in [-0.25, -0.2) is 8.42 Å². The zero-order valence-corrected chi connectivity index (χ0v) is 13.4. The Balaban J connectivity index is 1.70. The lowest BCUT2D eigenvalue weighted by Crippen LogP contribution is -2.06. The summed E-state index contributed by atoms with van der Waals surface area (Å²) in [6, 6.07) is 15.2. The van der Waals surface area contributed by atoms with Crippen molar-refractivity contribution < 1.29 is 17.6 Å². The van der Waals surface area contributed by atoms with E-state index in [0.717, 1.165) is 12.0 Å². The van der Waals surface area contributed by atoms with Gasteiger partial charge in [-0.2, -0.15) is 0 Å². The standard InChI is InChI=1S/C17H14N2O4S/c20-16(17-19-18-12-23-17)10-13-6-8-14(9-7-13)11-24(21,22)15-4-2-1-3-5-15/h1-9,12H,10-11H2. The van der Waals surface area contributed by atoms with Crippen molar-refractivity contribution in [1.29, 1.82) is 0 Å². The van der Waals surface area contributed by atoms with Crippen molar-refractivity contribution in [3.05, 3.63) is 78.0 Å². The highest BCUT2D eigenvalue weighted by molar-refractivity contribution is 7.90. The number of carbonyl (C=O) groups excluding carboxylic acids is 1. The van der Waals surface area contributed by atoms with Crippen LogP contribution in [0.5, 0.6) is 0 Å². The SMILES string of the molecule is O=C(Cc1ccc(CS(=O)(=O)c2ccccc2)cc1)c1nnco1. The van der Waals surface area contributed by atoms with Gasteiger partial charge in [-0.3, -0.25) is 4.79 Å². The number of hydrogen-bond donors (Lipinski definition) is 0. The van der Waals surface area contributed by atoms with Gasteiger partial charge < -0.3 is 4.42 Å². The molecule has 0 aliphatic rings. The van der Waals surface area contributed by atoms with Crippen molar-refractivity contribution >= 4 is 15.6 Å². The zero-order valence-electron chi connectivity index (χ0n) is 12.6. The second-order valence-corrected chi connectivity index (χ2v) is 7.22. The Morgan fingerprint density at radius 3 is 2.25 bits per heavy atom. The van der Waals surface area contributed by atoms with Crippen LogP contribution in [-0.4, -0.2) is 24.4 Å². The average molecular weight is 342 g/mol. The molecule has 3 aromatic rings. The predicted octanol–water partition coefficient (Wildman–Crippen LogP) is 2.47. The molecule has 6 nitrogen and oxygen atoms in total. The third-order valence-corrected chi connectivity index (χ3v) is 5.15. The molecule has 0 saturated heterocycles. The van der Waals surface area contributed by atoms with Crippen LogP contribution in [0.3, 0.4) is 0 Å². The number of carbonyl (C=O) groups is 1. The minimum absolute atomic E-state index is 0.0364. The molecule has 0 amide bonds. The van der Waals surface area contributed by atoms with Gasteiger partial charge in [-0.15, -0.1) is 10.2 Å². The molecule has 7 heteroatoms. The first-order valence-electron chi connectivity index (χ1n) is 7.19. The summed E-state index contributed by atoms with van der Waals surface area (Å²) in [6.45, 7) is 0. The number of benzene rings is 2. The van der Waals surface area contributed by atoms with Gasteiger partial charge in [-0.05, 0) is 23.3 Å². The summed E-state index contributed by atoms with van der Waals surface area (Å²) in [5.74, 6) is -0.405. The molecule has 0 N–H and O–H groups in total. The molecule has 122 valence electrons. The Morgan fingerprint density at radius 1 is 0.958 bits per heavy atom. The first-order valence-corrected chi connectivity index (χ1v) is 8.85. The quantitative estimate of drug-likeness (QED) is 0.639. The Kier molecular flexibility index (Phi) is 4.52. The van der Waals surface area contributed by atoms with Crippen molar-refractivity contribution in [2.45, 2.75) is 17.1 Å². The van der Waals surface area contributed by atoms with Gasteiger partial charge in [0.25, 0.3) is 5.89 Å². The highest BCUT2D eigenvalue weighted by Crippen LogP contribution is 2.17. The van der Waals surface area contributed by atoms with E-state index < -0.39 is 9.84 Å². The Labute approximate surface area is 139 Å². The van der Waals surface area contributed by atoms with Crippen molar-refractivity contribution in [1.82, 2.24) is 10.2 Å². The second-order valence-electron chi connectivity index (χ2n) is 5.23. The lowest BCUT2D eigenvalue weighted by molar-refractivity contribution is 0.0959. The van der Waals surface area contributed by atoms with Crippen LogP contribution in [0, 0.1) is 0 Å². The number of hydrogen-bond acceptors (Lipinski definition) is 6. The van der Waals surface area contributed by atoms with Gasteiger partial charge in [-0.1, -0.05) is 42.5 Å². The number of sulfone groups is 1. The van der Waals surface area contributed by atoms with Crippen molar-refractivity contribution in [3.8, 4) is 0 Å². The van der Waals surface area contributed by atoms with E-state index in [1.807, 2.05) is 0 Å². The molecule has 0 aliphatic heterocycles. The topological polar surface area (TPSA) is 90.1 Å². The van der Waals surface area contributed by atoms with Crippen molar-refractivity contribution in [2.24, 2.45) is 0 Å². The summed E-state index contributed by atoms with van der Waals surface area (Å²) in [4.78, 5) is 12.2. The van der Waals surface area contributed by atoms with E-state index in [1.54, 1.807) is 54.6 Å². The maximum Gasteiger partial charge on any atom is 0.284 e. The lowest BCUT2D eigenvalue weighted by Gasteiger charge is -2.05. The van der Waals surface area contributed by atoms with Crippen molar-refractivity contribution in [3.63, 3.8) is 0 Å². The number of ketones is 1. The third kappa shape index (κ3) is 3.75. The molecule has 24 heavy (non-hydrogen) atoms. The van der Waals surface area contributed by atoms with Crippen LogP contribution in [-0.2, 0) is 22.0 Å². The van der Waals surface area contributed by atoms with E-state index in [1.165, 1.54) is 0 Å². The van der Waals surface area contributed by atoms with Crippen LogP contribution in [0.15, 0.2) is 70.3 Å². The highest BCUT2D eigenvalue weighted by Gasteiger charge is 2.16. The van der Waals surface area contributed by atoms with E-state index in [2.05, 4.69) is 10.2 Å². The van der Waals surface area contributed by atoms with E-state index in [-0.39, 0.29) is 23.8 Å². The minimum Gasteiger partial charge on any atom is -0.421 e. The zero-order chi connectivity index (χ0) is 17.0. The van der Waals surface area contributed by atoms with E-state index in [9.17, 15) is 13.2 Å².